The molecule has 0 aromatic heterocycles. The van der Waals surface area contributed by atoms with Gasteiger partial charge >= 0.3 is 0 Å². The molecule has 0 saturated carbocycles. The summed E-state index contributed by atoms with van der Waals surface area (Å²) >= 11 is 1.59. The predicted octanol–water partition coefficient (Wildman–Crippen LogP) is 5.77. The van der Waals surface area contributed by atoms with E-state index in [1.807, 2.05) is 48.7 Å². The third kappa shape index (κ3) is 6.58. The zero-order valence-electron chi connectivity index (χ0n) is 19.7. The summed E-state index contributed by atoms with van der Waals surface area (Å²) in [6.07, 6.45) is 2.03. The van der Waals surface area contributed by atoms with E-state index in [2.05, 4.69) is 29.2 Å². The van der Waals surface area contributed by atoms with Crippen molar-refractivity contribution in [3.8, 4) is 23.0 Å². The van der Waals surface area contributed by atoms with Gasteiger partial charge in [0.05, 0.1) is 28.4 Å². The summed E-state index contributed by atoms with van der Waals surface area (Å²) in [5.74, 6) is 3.09. The highest BCUT2D eigenvalue weighted by Gasteiger charge is 2.15. The molecule has 7 heteroatoms. The first-order chi connectivity index (χ1) is 16.1. The quantitative estimate of drug-likeness (QED) is 0.295. The third-order valence-corrected chi connectivity index (χ3v) is 5.83. The van der Waals surface area contributed by atoms with Crippen LogP contribution in [0.3, 0.4) is 0 Å². The minimum Gasteiger partial charge on any atom is -0.497 e. The Labute approximate surface area is 200 Å². The van der Waals surface area contributed by atoms with E-state index in [0.717, 1.165) is 39.2 Å². The summed E-state index contributed by atoms with van der Waals surface area (Å²) in [4.78, 5) is 7.21. The van der Waals surface area contributed by atoms with Crippen molar-refractivity contribution in [3.63, 3.8) is 0 Å². The molecule has 0 N–H and O–H groups in total. The molecule has 0 heterocycles. The fourth-order valence-electron chi connectivity index (χ4n) is 3.33. The van der Waals surface area contributed by atoms with Crippen LogP contribution >= 0.6 is 11.8 Å². The van der Waals surface area contributed by atoms with Crippen molar-refractivity contribution in [1.82, 2.24) is 4.90 Å². The Morgan fingerprint density at radius 1 is 0.697 bits per heavy atom. The molecule has 0 radical (unpaired) electrons. The van der Waals surface area contributed by atoms with Gasteiger partial charge in [-0.2, -0.15) is 0 Å². The predicted molar refractivity (Wildman–Crippen MR) is 135 cm³/mol. The van der Waals surface area contributed by atoms with Crippen LogP contribution in [0, 0.1) is 0 Å². The minimum atomic E-state index is 0.683. The first kappa shape index (κ1) is 24.3. The van der Waals surface area contributed by atoms with Crippen molar-refractivity contribution in [3.05, 3.63) is 77.9 Å². The maximum atomic E-state index is 5.54. The summed E-state index contributed by atoms with van der Waals surface area (Å²) in [5.41, 5.74) is 3.03. The fourth-order valence-corrected chi connectivity index (χ4v) is 3.90. The van der Waals surface area contributed by atoms with Crippen molar-refractivity contribution >= 4 is 22.6 Å². The van der Waals surface area contributed by atoms with Gasteiger partial charge in [0.15, 0.2) is 5.17 Å². The van der Waals surface area contributed by atoms with Crippen LogP contribution in [0.25, 0.3) is 0 Å². The molecular weight excluding hydrogens is 436 g/mol. The number of thioether (sulfide) groups is 1. The van der Waals surface area contributed by atoms with Gasteiger partial charge in [-0.3, -0.25) is 0 Å². The Morgan fingerprint density at radius 2 is 1.18 bits per heavy atom. The molecule has 0 aliphatic rings. The molecule has 0 bridgehead atoms. The molecule has 6 nitrogen and oxygen atoms in total. The monoisotopic (exact) mass is 466 g/mol. The second-order valence-corrected chi connectivity index (χ2v) is 7.96. The molecule has 0 fully saturated rings. The molecule has 0 unspecified atom stereocenters. The number of aliphatic imine (C=N–C) groups is 1. The molecule has 3 aromatic rings. The molecule has 0 aliphatic carbocycles. The molecule has 174 valence electrons. The standard InChI is InChI=1S/C26H30N2O4S/c1-29-21-10-6-19(7-11-21)17-28(18-20-8-12-22(30-2)13-9-20)26(33-5)27-24-16-23(31-3)14-15-25(24)32-4/h6-16H,17-18H2,1-5H3. The topological polar surface area (TPSA) is 52.5 Å². The molecule has 0 atom stereocenters. The lowest BCUT2D eigenvalue weighted by atomic mass is 10.1. The van der Waals surface area contributed by atoms with Crippen LogP contribution in [0.1, 0.15) is 11.1 Å². The van der Waals surface area contributed by atoms with Crippen LogP contribution in [0.2, 0.25) is 0 Å². The van der Waals surface area contributed by atoms with Gasteiger partial charge in [0.25, 0.3) is 0 Å². The molecule has 33 heavy (non-hydrogen) atoms. The molecule has 0 saturated heterocycles. The van der Waals surface area contributed by atoms with Crippen molar-refractivity contribution in [2.24, 2.45) is 4.99 Å². The van der Waals surface area contributed by atoms with Crippen molar-refractivity contribution < 1.29 is 18.9 Å². The lowest BCUT2D eigenvalue weighted by molar-refractivity contribution is 0.401. The molecular formula is C26H30N2O4S. The maximum absolute atomic E-state index is 5.54. The highest BCUT2D eigenvalue weighted by molar-refractivity contribution is 8.13. The molecule has 3 aromatic carbocycles. The van der Waals surface area contributed by atoms with Crippen LogP contribution in [-0.2, 0) is 13.1 Å². The average Bonchev–Trinajstić information content (AvgIpc) is 2.87. The molecule has 3 rings (SSSR count). The number of benzene rings is 3. The van der Waals surface area contributed by atoms with E-state index in [1.165, 1.54) is 0 Å². The first-order valence-corrected chi connectivity index (χ1v) is 11.7. The number of rotatable bonds is 9. The van der Waals surface area contributed by atoms with Gasteiger partial charge in [-0.1, -0.05) is 36.0 Å². The number of amidine groups is 1. The van der Waals surface area contributed by atoms with E-state index in [1.54, 1.807) is 40.2 Å². The summed E-state index contributed by atoms with van der Waals surface area (Å²) in [5, 5.41) is 0.869. The zero-order valence-corrected chi connectivity index (χ0v) is 20.5. The summed E-state index contributed by atoms with van der Waals surface area (Å²) < 4.78 is 21.6. The van der Waals surface area contributed by atoms with E-state index in [0.29, 0.717) is 18.8 Å². The van der Waals surface area contributed by atoms with E-state index < -0.39 is 0 Å². The summed E-state index contributed by atoms with van der Waals surface area (Å²) in [7, 11) is 6.63. The molecule has 0 amide bonds. The van der Waals surface area contributed by atoms with Gasteiger partial charge in [0.2, 0.25) is 0 Å². The van der Waals surface area contributed by atoms with E-state index in [-0.39, 0.29) is 0 Å². The minimum absolute atomic E-state index is 0.683. The molecule has 0 spiro atoms. The van der Waals surface area contributed by atoms with Gasteiger partial charge < -0.3 is 23.8 Å². The van der Waals surface area contributed by atoms with E-state index in [4.69, 9.17) is 23.9 Å². The number of nitrogens with zero attached hydrogens (tertiary/aromatic N) is 2. The number of hydrogen-bond acceptors (Lipinski definition) is 6. The second kappa shape index (κ2) is 12.1. The number of methoxy groups -OCH3 is 4. The van der Waals surface area contributed by atoms with Crippen molar-refractivity contribution in [2.45, 2.75) is 13.1 Å². The lowest BCUT2D eigenvalue weighted by Gasteiger charge is -2.26. The maximum Gasteiger partial charge on any atom is 0.164 e. The largest absolute Gasteiger partial charge is 0.497 e. The van der Waals surface area contributed by atoms with Crippen LogP contribution < -0.4 is 18.9 Å². The Balaban J connectivity index is 1.98. The highest BCUT2D eigenvalue weighted by atomic mass is 32.2. The van der Waals surface area contributed by atoms with Gasteiger partial charge in [-0.25, -0.2) is 4.99 Å². The Morgan fingerprint density at radius 3 is 1.61 bits per heavy atom. The lowest BCUT2D eigenvalue weighted by Crippen LogP contribution is -2.27. The summed E-state index contributed by atoms with van der Waals surface area (Å²) in [6, 6.07) is 21.8. The SMILES string of the molecule is COc1ccc(CN(Cc2ccc(OC)cc2)C(=Nc2cc(OC)ccc2OC)SC)cc1. The van der Waals surface area contributed by atoms with Crippen LogP contribution in [0.5, 0.6) is 23.0 Å². The van der Waals surface area contributed by atoms with E-state index >= 15 is 0 Å². The van der Waals surface area contributed by atoms with Crippen LogP contribution in [0.15, 0.2) is 71.7 Å². The van der Waals surface area contributed by atoms with Gasteiger partial charge in [-0.15, -0.1) is 0 Å². The first-order valence-electron chi connectivity index (χ1n) is 10.5. The van der Waals surface area contributed by atoms with Crippen LogP contribution in [0.4, 0.5) is 5.69 Å². The zero-order chi connectivity index (χ0) is 23.6. The Kier molecular flexibility index (Phi) is 8.89. The van der Waals surface area contributed by atoms with Crippen molar-refractivity contribution in [1.29, 1.82) is 0 Å². The van der Waals surface area contributed by atoms with Gasteiger partial charge in [-0.05, 0) is 53.8 Å². The Bertz CT molecular complexity index is 1000. The van der Waals surface area contributed by atoms with Gasteiger partial charge in [0, 0.05) is 19.2 Å². The average molecular weight is 467 g/mol. The third-order valence-electron chi connectivity index (χ3n) is 5.12. The molecule has 0 aliphatic heterocycles. The summed E-state index contributed by atoms with van der Waals surface area (Å²) in [6.45, 7) is 1.37. The smallest absolute Gasteiger partial charge is 0.164 e. The number of hydrogen-bond donors (Lipinski definition) is 0. The second-order valence-electron chi connectivity index (χ2n) is 7.19. The normalized spacial score (nSPS) is 11.1. The van der Waals surface area contributed by atoms with Crippen molar-refractivity contribution in [2.75, 3.05) is 34.7 Å². The van der Waals surface area contributed by atoms with Crippen LogP contribution in [-0.4, -0.2) is 44.8 Å². The van der Waals surface area contributed by atoms with Gasteiger partial charge in [0.1, 0.15) is 28.7 Å². The fraction of sp³-hybridized carbons (Fsp3) is 0.269. The number of ether oxygens (including phenoxy) is 4. The van der Waals surface area contributed by atoms with E-state index in [9.17, 15) is 0 Å². The Hall–Kier alpha value is -3.32. The highest BCUT2D eigenvalue weighted by Crippen LogP contribution is 2.33.